The number of furan rings is 1. The van der Waals surface area contributed by atoms with E-state index in [0.29, 0.717) is 12.0 Å². The number of carbonyl (C=O) groups is 1. The number of ketones is 1. The van der Waals surface area contributed by atoms with Crippen LogP contribution >= 0.6 is 0 Å². The molecule has 0 aliphatic carbocycles. The molecule has 0 radical (unpaired) electrons. The fraction of sp³-hybridized carbons (Fsp3) is 0.292. The van der Waals surface area contributed by atoms with E-state index in [1.54, 1.807) is 38.3 Å². The summed E-state index contributed by atoms with van der Waals surface area (Å²) in [6.07, 6.45) is 1.94. The Balaban J connectivity index is 1.77. The van der Waals surface area contributed by atoms with Gasteiger partial charge in [-0.25, -0.2) is 8.42 Å². The lowest BCUT2D eigenvalue weighted by Gasteiger charge is -2.12. The molecule has 4 nitrogen and oxygen atoms in total. The number of hydrogen-bond donors (Lipinski definition) is 0. The van der Waals surface area contributed by atoms with Crippen LogP contribution in [-0.2, 0) is 22.0 Å². The van der Waals surface area contributed by atoms with Gasteiger partial charge in [0.25, 0.3) is 0 Å². The molecule has 0 aliphatic rings. The predicted molar refractivity (Wildman–Crippen MR) is 116 cm³/mol. The first-order valence-corrected chi connectivity index (χ1v) is 11.4. The number of rotatable bonds is 7. The molecule has 0 saturated heterocycles. The largest absolute Gasteiger partial charge is 0.464 e. The Morgan fingerprint density at radius 1 is 0.966 bits per heavy atom. The molecule has 2 aromatic carbocycles. The van der Waals surface area contributed by atoms with E-state index in [4.69, 9.17) is 4.42 Å². The third kappa shape index (κ3) is 4.85. The molecule has 152 valence electrons. The molecule has 0 N–H and O–H groups in total. The number of carbonyl (C=O) groups excluding carboxylic acids is 1. The van der Waals surface area contributed by atoms with Crippen molar-refractivity contribution in [2.24, 2.45) is 0 Å². The molecular weight excluding hydrogens is 384 g/mol. The van der Waals surface area contributed by atoms with Crippen LogP contribution in [0.5, 0.6) is 0 Å². The van der Waals surface area contributed by atoms with E-state index in [1.165, 1.54) is 0 Å². The van der Waals surface area contributed by atoms with E-state index in [2.05, 4.69) is 0 Å². The summed E-state index contributed by atoms with van der Waals surface area (Å²) in [6, 6.07) is 15.0. The minimum atomic E-state index is -3.18. The van der Waals surface area contributed by atoms with E-state index in [0.717, 1.165) is 33.6 Å². The van der Waals surface area contributed by atoms with E-state index < -0.39 is 15.1 Å². The standard InChI is InChI=1S/C24H26O4S/c1-16(2)29(26,27)15-22-10-8-20(12-18(22)4)23(25)14-19-7-9-21(13-17(19)3)24-6-5-11-28-24/h5-13,16H,14-15H2,1-4H3. The lowest BCUT2D eigenvalue weighted by atomic mass is 9.96. The van der Waals surface area contributed by atoms with Crippen molar-refractivity contribution in [3.63, 3.8) is 0 Å². The van der Waals surface area contributed by atoms with Gasteiger partial charge in [0.1, 0.15) is 5.76 Å². The van der Waals surface area contributed by atoms with E-state index in [-0.39, 0.29) is 11.5 Å². The zero-order valence-electron chi connectivity index (χ0n) is 17.2. The summed E-state index contributed by atoms with van der Waals surface area (Å²) in [5.74, 6) is 0.812. The van der Waals surface area contributed by atoms with Gasteiger partial charge in [0.15, 0.2) is 15.6 Å². The zero-order valence-corrected chi connectivity index (χ0v) is 18.0. The van der Waals surface area contributed by atoms with Gasteiger partial charge in [-0.2, -0.15) is 0 Å². The van der Waals surface area contributed by atoms with Gasteiger partial charge in [0.05, 0.1) is 17.3 Å². The molecule has 0 aliphatic heterocycles. The van der Waals surface area contributed by atoms with Crippen LogP contribution in [0.1, 0.15) is 46.5 Å². The Bertz CT molecular complexity index is 1120. The van der Waals surface area contributed by atoms with Crippen molar-refractivity contribution < 1.29 is 17.6 Å². The maximum Gasteiger partial charge on any atom is 0.167 e. The molecule has 0 saturated carbocycles. The fourth-order valence-corrected chi connectivity index (χ4v) is 4.27. The van der Waals surface area contributed by atoms with Crippen LogP contribution in [0.15, 0.2) is 59.2 Å². The highest BCUT2D eigenvalue weighted by molar-refractivity contribution is 7.91. The minimum Gasteiger partial charge on any atom is -0.464 e. The second-order valence-electron chi connectivity index (χ2n) is 7.72. The first kappa shape index (κ1) is 21.1. The monoisotopic (exact) mass is 410 g/mol. The zero-order chi connectivity index (χ0) is 21.2. The van der Waals surface area contributed by atoms with E-state index >= 15 is 0 Å². The number of sulfone groups is 1. The first-order chi connectivity index (χ1) is 13.7. The summed E-state index contributed by atoms with van der Waals surface area (Å²) >= 11 is 0. The van der Waals surface area contributed by atoms with Crippen LogP contribution in [0, 0.1) is 13.8 Å². The SMILES string of the molecule is Cc1cc(-c2ccco2)ccc1CC(=O)c1ccc(CS(=O)(=O)C(C)C)c(C)c1. The Morgan fingerprint density at radius 3 is 2.24 bits per heavy atom. The normalized spacial score (nSPS) is 11.8. The maximum absolute atomic E-state index is 12.8. The molecule has 5 heteroatoms. The van der Waals surface area contributed by atoms with Crippen molar-refractivity contribution >= 4 is 15.6 Å². The summed E-state index contributed by atoms with van der Waals surface area (Å²) in [7, 11) is -3.18. The smallest absolute Gasteiger partial charge is 0.167 e. The lowest BCUT2D eigenvalue weighted by Crippen LogP contribution is -2.16. The molecule has 3 rings (SSSR count). The molecule has 1 aromatic heterocycles. The van der Waals surface area contributed by atoms with Gasteiger partial charge < -0.3 is 4.42 Å². The third-order valence-corrected chi connectivity index (χ3v) is 7.39. The summed E-state index contributed by atoms with van der Waals surface area (Å²) < 4.78 is 29.8. The summed E-state index contributed by atoms with van der Waals surface area (Å²) in [6.45, 7) is 7.20. The van der Waals surface area contributed by atoms with Crippen molar-refractivity contribution in [2.45, 2.75) is 45.1 Å². The molecule has 0 fully saturated rings. The molecule has 1 heterocycles. The van der Waals surface area contributed by atoms with Crippen LogP contribution < -0.4 is 0 Å². The number of benzene rings is 2. The van der Waals surface area contributed by atoms with E-state index in [9.17, 15) is 13.2 Å². The van der Waals surface area contributed by atoms with Crippen LogP contribution in [0.25, 0.3) is 11.3 Å². The Morgan fingerprint density at radius 2 is 1.66 bits per heavy atom. The topological polar surface area (TPSA) is 64.3 Å². The summed E-state index contributed by atoms with van der Waals surface area (Å²) in [5, 5.41) is -0.421. The Labute approximate surface area is 172 Å². The van der Waals surface area contributed by atoms with Gasteiger partial charge in [0, 0.05) is 17.5 Å². The molecular formula is C24H26O4S. The minimum absolute atomic E-state index is 0.00167. The van der Waals surface area contributed by atoms with Crippen molar-refractivity contribution in [3.8, 4) is 11.3 Å². The highest BCUT2D eigenvalue weighted by Gasteiger charge is 2.19. The quantitative estimate of drug-likeness (QED) is 0.495. The lowest BCUT2D eigenvalue weighted by molar-refractivity contribution is 0.0992. The van der Waals surface area contributed by atoms with Crippen molar-refractivity contribution in [2.75, 3.05) is 0 Å². The highest BCUT2D eigenvalue weighted by atomic mass is 32.2. The summed E-state index contributed by atoms with van der Waals surface area (Å²) in [4.78, 5) is 12.8. The Kier molecular flexibility index (Phi) is 6.08. The summed E-state index contributed by atoms with van der Waals surface area (Å²) in [5.41, 5.74) is 5.15. The maximum atomic E-state index is 12.8. The van der Waals surface area contributed by atoms with E-state index in [1.807, 2.05) is 44.2 Å². The second kappa shape index (κ2) is 8.37. The molecule has 3 aromatic rings. The van der Waals surface area contributed by atoms with Gasteiger partial charge in [-0.05, 0) is 74.2 Å². The van der Waals surface area contributed by atoms with Gasteiger partial charge in [-0.1, -0.05) is 24.3 Å². The van der Waals surface area contributed by atoms with Crippen LogP contribution in [0.2, 0.25) is 0 Å². The highest BCUT2D eigenvalue weighted by Crippen LogP contribution is 2.24. The van der Waals surface area contributed by atoms with Crippen LogP contribution in [0.3, 0.4) is 0 Å². The average Bonchev–Trinajstić information content (AvgIpc) is 3.19. The molecule has 0 spiro atoms. The first-order valence-electron chi connectivity index (χ1n) is 9.65. The number of aryl methyl sites for hydroxylation is 2. The number of Topliss-reactive ketones (excluding diaryl/α,β-unsaturated/α-hetero) is 1. The molecule has 29 heavy (non-hydrogen) atoms. The van der Waals surface area contributed by atoms with Gasteiger partial charge in [-0.15, -0.1) is 0 Å². The van der Waals surface area contributed by atoms with Gasteiger partial charge in [0.2, 0.25) is 0 Å². The third-order valence-electron chi connectivity index (χ3n) is 5.24. The Hall–Kier alpha value is -2.66. The molecule has 0 unspecified atom stereocenters. The molecule has 0 atom stereocenters. The van der Waals surface area contributed by atoms with Crippen molar-refractivity contribution in [3.05, 3.63) is 82.6 Å². The second-order valence-corrected chi connectivity index (χ2v) is 10.3. The van der Waals surface area contributed by atoms with Gasteiger partial charge in [-0.3, -0.25) is 4.79 Å². The molecule has 0 bridgehead atoms. The fourth-order valence-electron chi connectivity index (χ4n) is 3.18. The van der Waals surface area contributed by atoms with Crippen LogP contribution in [-0.4, -0.2) is 19.5 Å². The average molecular weight is 411 g/mol. The van der Waals surface area contributed by atoms with Crippen molar-refractivity contribution in [1.82, 2.24) is 0 Å². The van der Waals surface area contributed by atoms with Crippen molar-refractivity contribution in [1.29, 1.82) is 0 Å². The van der Waals surface area contributed by atoms with Gasteiger partial charge >= 0.3 is 0 Å². The predicted octanol–water partition coefficient (Wildman–Crippen LogP) is 5.31. The van der Waals surface area contributed by atoms with Crippen LogP contribution in [0.4, 0.5) is 0 Å². The number of hydrogen-bond acceptors (Lipinski definition) is 4. The molecule has 0 amide bonds.